The minimum Gasteiger partial charge on any atom is -0.493 e. The summed E-state index contributed by atoms with van der Waals surface area (Å²) in [5.41, 5.74) is 1.18. The van der Waals surface area contributed by atoms with Crippen LogP contribution in [0.2, 0.25) is 5.02 Å². The molecule has 30 heavy (non-hydrogen) atoms. The van der Waals surface area contributed by atoms with Crippen LogP contribution in [0.5, 0.6) is 11.5 Å². The lowest BCUT2D eigenvalue weighted by Gasteiger charge is -2.36. The van der Waals surface area contributed by atoms with Gasteiger partial charge in [0.15, 0.2) is 16.6 Å². The third-order valence-corrected chi connectivity index (χ3v) is 5.19. The summed E-state index contributed by atoms with van der Waals surface area (Å²) in [7, 11) is 1.55. The Morgan fingerprint density at radius 3 is 2.33 bits per heavy atom. The summed E-state index contributed by atoms with van der Waals surface area (Å²) in [5, 5.41) is 0.673. The lowest BCUT2D eigenvalue weighted by Crippen LogP contribution is -2.56. The van der Waals surface area contributed by atoms with E-state index in [4.69, 9.17) is 33.3 Å². The molecule has 1 heterocycles. The molecule has 2 aromatic rings. The standard InChI is InChI=1S/C22H21ClN2O4S/c1-4-24-20(26)17(12-14-6-11-18(28-3)19(13-14)29-5-2)21(27)25(22(24)30)16-9-7-15(23)8-10-16/h6-13H,4-5H2,1-3H3/b17-12+. The van der Waals surface area contributed by atoms with E-state index in [1.165, 1.54) is 9.80 Å². The van der Waals surface area contributed by atoms with Crippen molar-refractivity contribution < 1.29 is 19.1 Å². The maximum Gasteiger partial charge on any atom is 0.270 e. The van der Waals surface area contributed by atoms with Crippen LogP contribution in [0.3, 0.4) is 0 Å². The molecular weight excluding hydrogens is 424 g/mol. The van der Waals surface area contributed by atoms with E-state index >= 15 is 0 Å². The van der Waals surface area contributed by atoms with Crippen LogP contribution in [0.15, 0.2) is 48.0 Å². The molecule has 0 spiro atoms. The summed E-state index contributed by atoms with van der Waals surface area (Å²) in [5.74, 6) is 0.166. The Morgan fingerprint density at radius 2 is 1.73 bits per heavy atom. The van der Waals surface area contributed by atoms with Gasteiger partial charge in [-0.3, -0.25) is 19.4 Å². The third kappa shape index (κ3) is 4.17. The quantitative estimate of drug-likeness (QED) is 0.377. The van der Waals surface area contributed by atoms with Gasteiger partial charge in [-0.15, -0.1) is 0 Å². The fourth-order valence-corrected chi connectivity index (χ4v) is 3.62. The molecule has 156 valence electrons. The number of benzene rings is 2. The van der Waals surface area contributed by atoms with Gasteiger partial charge in [0.05, 0.1) is 19.4 Å². The van der Waals surface area contributed by atoms with Gasteiger partial charge in [0.1, 0.15) is 5.57 Å². The topological polar surface area (TPSA) is 59.1 Å². The lowest BCUT2D eigenvalue weighted by molar-refractivity contribution is -0.127. The van der Waals surface area contributed by atoms with E-state index in [0.717, 1.165) is 0 Å². The molecule has 6 nitrogen and oxygen atoms in total. The van der Waals surface area contributed by atoms with Crippen LogP contribution >= 0.6 is 23.8 Å². The highest BCUT2D eigenvalue weighted by atomic mass is 35.5. The van der Waals surface area contributed by atoms with E-state index in [1.807, 2.05) is 6.92 Å². The number of ether oxygens (including phenoxy) is 2. The molecule has 1 aliphatic rings. The van der Waals surface area contributed by atoms with Crippen LogP contribution in [0.4, 0.5) is 5.69 Å². The van der Waals surface area contributed by atoms with Crippen LogP contribution in [0.25, 0.3) is 6.08 Å². The minimum absolute atomic E-state index is 0.00742. The average molecular weight is 445 g/mol. The molecule has 2 aromatic carbocycles. The van der Waals surface area contributed by atoms with Crippen molar-refractivity contribution in [2.24, 2.45) is 0 Å². The summed E-state index contributed by atoms with van der Waals surface area (Å²) in [6.07, 6.45) is 1.54. The number of carbonyl (C=O) groups is 2. The number of nitrogens with zero attached hydrogens (tertiary/aromatic N) is 2. The Kier molecular flexibility index (Phi) is 6.74. The monoisotopic (exact) mass is 444 g/mol. The number of carbonyl (C=O) groups excluding carboxylic acids is 2. The molecule has 8 heteroatoms. The fraction of sp³-hybridized carbons (Fsp3) is 0.227. The molecule has 1 aliphatic heterocycles. The number of rotatable bonds is 6. The van der Waals surface area contributed by atoms with Crippen molar-refractivity contribution in [3.05, 3.63) is 58.6 Å². The second-order valence-corrected chi connectivity index (χ2v) is 7.15. The zero-order valence-corrected chi connectivity index (χ0v) is 18.4. The van der Waals surface area contributed by atoms with E-state index in [0.29, 0.717) is 40.9 Å². The molecule has 0 unspecified atom stereocenters. The highest BCUT2D eigenvalue weighted by Gasteiger charge is 2.39. The van der Waals surface area contributed by atoms with Crippen molar-refractivity contribution in [2.45, 2.75) is 13.8 Å². The normalized spacial score (nSPS) is 15.7. The predicted molar refractivity (Wildman–Crippen MR) is 121 cm³/mol. The number of halogens is 1. The van der Waals surface area contributed by atoms with Gasteiger partial charge < -0.3 is 9.47 Å². The first-order chi connectivity index (χ1) is 14.4. The van der Waals surface area contributed by atoms with Crippen LogP contribution in [0, 0.1) is 0 Å². The van der Waals surface area contributed by atoms with Crippen molar-refractivity contribution >= 4 is 52.5 Å². The number of anilines is 1. The highest BCUT2D eigenvalue weighted by molar-refractivity contribution is 7.80. The number of amides is 2. The summed E-state index contributed by atoms with van der Waals surface area (Å²) in [6.45, 7) is 4.46. The van der Waals surface area contributed by atoms with Crippen molar-refractivity contribution in [3.8, 4) is 11.5 Å². The Morgan fingerprint density at radius 1 is 1.03 bits per heavy atom. The van der Waals surface area contributed by atoms with Gasteiger partial charge in [-0.25, -0.2) is 0 Å². The van der Waals surface area contributed by atoms with Gasteiger partial charge in [0.25, 0.3) is 11.8 Å². The first-order valence-electron chi connectivity index (χ1n) is 9.39. The molecular formula is C22H21ClN2O4S. The molecule has 0 bridgehead atoms. The van der Waals surface area contributed by atoms with E-state index in [-0.39, 0.29) is 10.7 Å². The van der Waals surface area contributed by atoms with Gasteiger partial charge >= 0.3 is 0 Å². The van der Waals surface area contributed by atoms with Gasteiger partial charge in [-0.2, -0.15) is 0 Å². The number of likely N-dealkylation sites (N-methyl/N-ethyl adjacent to an activating group) is 1. The molecule has 3 rings (SSSR count). The van der Waals surface area contributed by atoms with Crippen molar-refractivity contribution in [3.63, 3.8) is 0 Å². The van der Waals surface area contributed by atoms with E-state index < -0.39 is 11.8 Å². The van der Waals surface area contributed by atoms with Crippen LogP contribution in [-0.4, -0.2) is 42.1 Å². The summed E-state index contributed by atoms with van der Waals surface area (Å²) < 4.78 is 10.9. The fourth-order valence-electron chi connectivity index (χ4n) is 3.09. The molecule has 1 saturated heterocycles. The molecule has 0 N–H and O–H groups in total. The molecule has 0 saturated carbocycles. The number of hydrogen-bond acceptors (Lipinski definition) is 5. The zero-order valence-electron chi connectivity index (χ0n) is 16.8. The predicted octanol–water partition coefficient (Wildman–Crippen LogP) is 4.31. The molecule has 0 aromatic heterocycles. The van der Waals surface area contributed by atoms with Crippen LogP contribution in [-0.2, 0) is 9.59 Å². The highest BCUT2D eigenvalue weighted by Crippen LogP contribution is 2.31. The third-order valence-electron chi connectivity index (χ3n) is 4.53. The van der Waals surface area contributed by atoms with Gasteiger partial charge in [0.2, 0.25) is 0 Å². The largest absolute Gasteiger partial charge is 0.493 e. The Balaban J connectivity index is 2.07. The van der Waals surface area contributed by atoms with Gasteiger partial charge in [0, 0.05) is 11.6 Å². The van der Waals surface area contributed by atoms with Crippen LogP contribution in [0.1, 0.15) is 19.4 Å². The smallest absolute Gasteiger partial charge is 0.270 e. The first kappa shape index (κ1) is 21.8. The second-order valence-electron chi connectivity index (χ2n) is 6.35. The van der Waals surface area contributed by atoms with Crippen LogP contribution < -0.4 is 14.4 Å². The number of hydrogen-bond donors (Lipinski definition) is 0. The Bertz CT molecular complexity index is 1020. The first-order valence-corrected chi connectivity index (χ1v) is 10.2. The number of thiocarbonyl (C=S) groups is 1. The summed E-state index contributed by atoms with van der Waals surface area (Å²) in [6, 6.07) is 11.9. The van der Waals surface area contributed by atoms with Gasteiger partial charge in [-0.1, -0.05) is 17.7 Å². The Labute approximate surface area is 185 Å². The molecule has 0 aliphatic carbocycles. The maximum absolute atomic E-state index is 13.3. The molecule has 2 amide bonds. The lowest BCUT2D eigenvalue weighted by atomic mass is 10.1. The summed E-state index contributed by atoms with van der Waals surface area (Å²) >= 11 is 11.4. The second kappa shape index (κ2) is 9.28. The Hall–Kier alpha value is -2.90. The summed E-state index contributed by atoms with van der Waals surface area (Å²) in [4.78, 5) is 29.0. The average Bonchev–Trinajstić information content (AvgIpc) is 2.73. The van der Waals surface area contributed by atoms with Crippen molar-refractivity contribution in [2.75, 3.05) is 25.2 Å². The number of methoxy groups -OCH3 is 1. The zero-order chi connectivity index (χ0) is 21.8. The van der Waals surface area contributed by atoms with E-state index in [1.54, 1.807) is 62.6 Å². The van der Waals surface area contributed by atoms with Crippen molar-refractivity contribution in [1.82, 2.24) is 4.90 Å². The molecule has 1 fully saturated rings. The molecule has 0 radical (unpaired) electrons. The SMILES string of the molecule is CCOc1cc(/C=C2\C(=O)N(CC)C(=S)N(c3ccc(Cl)cc3)C2=O)ccc1OC. The maximum atomic E-state index is 13.3. The minimum atomic E-state index is -0.495. The molecule has 0 atom stereocenters. The van der Waals surface area contributed by atoms with Gasteiger partial charge in [-0.05, 0) is 74.1 Å². The van der Waals surface area contributed by atoms with E-state index in [2.05, 4.69) is 0 Å². The van der Waals surface area contributed by atoms with E-state index in [9.17, 15) is 9.59 Å². The van der Waals surface area contributed by atoms with Crippen molar-refractivity contribution in [1.29, 1.82) is 0 Å².